The molecule has 10 heteroatoms. The first-order valence-corrected chi connectivity index (χ1v) is 7.60. The fourth-order valence-electron chi connectivity index (χ4n) is 1.29. The first-order chi connectivity index (χ1) is 10.9. The lowest BCUT2D eigenvalue weighted by atomic mass is 10.2. The molecule has 0 aliphatic heterocycles. The van der Waals surface area contributed by atoms with E-state index >= 15 is 0 Å². The Balaban J connectivity index is 5.24. The topological polar surface area (TPSA) is 61.8 Å². The van der Waals surface area contributed by atoms with Gasteiger partial charge in [-0.25, -0.2) is 9.59 Å². The minimum atomic E-state index is -4.58. The predicted octanol–water partition coefficient (Wildman–Crippen LogP) is 3.73. The van der Waals surface area contributed by atoms with Gasteiger partial charge < -0.3 is 14.2 Å². The van der Waals surface area contributed by atoms with Crippen LogP contribution in [0.3, 0.4) is 0 Å². The third kappa shape index (κ3) is 7.64. The van der Waals surface area contributed by atoms with E-state index in [-0.39, 0.29) is 5.57 Å². The highest BCUT2D eigenvalue weighted by molar-refractivity contribution is 7.81. The van der Waals surface area contributed by atoms with Crippen molar-refractivity contribution in [1.82, 2.24) is 0 Å². The Morgan fingerprint density at radius 1 is 1.04 bits per heavy atom. The zero-order valence-corrected chi connectivity index (χ0v) is 15.5. The molecule has 0 saturated carbocycles. The summed E-state index contributed by atoms with van der Waals surface area (Å²) >= 11 is 2.53. The second kappa shape index (κ2) is 7.94. The lowest BCUT2D eigenvalue weighted by molar-refractivity contribution is -0.248. The molecule has 0 rings (SSSR count). The van der Waals surface area contributed by atoms with Gasteiger partial charge in [-0.3, -0.25) is 0 Å². The van der Waals surface area contributed by atoms with Crippen LogP contribution in [0, 0.1) is 0 Å². The van der Waals surface area contributed by atoms with E-state index in [0.717, 1.165) is 6.92 Å². The lowest BCUT2D eigenvalue weighted by Crippen LogP contribution is -2.48. The molecule has 5 nitrogen and oxygen atoms in total. The van der Waals surface area contributed by atoms with Crippen molar-refractivity contribution in [3.63, 3.8) is 0 Å². The van der Waals surface area contributed by atoms with Crippen molar-refractivity contribution in [2.45, 2.75) is 63.6 Å². The summed E-state index contributed by atoms with van der Waals surface area (Å²) in [6.45, 7) is 9.08. The molecule has 0 aliphatic rings. The van der Waals surface area contributed by atoms with E-state index in [1.165, 1.54) is 27.7 Å². The maximum Gasteiger partial charge on any atom is 0.380 e. The van der Waals surface area contributed by atoms with Crippen LogP contribution in [0.2, 0.25) is 0 Å². The van der Waals surface area contributed by atoms with Crippen LogP contribution in [-0.4, -0.2) is 41.1 Å². The molecule has 0 aliphatic carbocycles. The molecule has 0 saturated heterocycles. The summed E-state index contributed by atoms with van der Waals surface area (Å²) in [5.41, 5.74) is -1.09. The van der Waals surface area contributed by atoms with Crippen molar-refractivity contribution in [1.29, 1.82) is 0 Å². The molecule has 0 N–H and O–H groups in total. The van der Waals surface area contributed by atoms with E-state index < -0.39 is 47.5 Å². The molecule has 0 fully saturated rings. The van der Waals surface area contributed by atoms with Crippen molar-refractivity contribution in [3.05, 3.63) is 12.2 Å². The summed E-state index contributed by atoms with van der Waals surface area (Å²) in [5.74, 6) is -9.13. The first-order valence-electron chi connectivity index (χ1n) is 7.15. The third-order valence-electron chi connectivity index (χ3n) is 2.64. The predicted molar refractivity (Wildman–Crippen MR) is 84.6 cm³/mol. The molecule has 0 aromatic rings. The number of ether oxygens (including phenoxy) is 3. The van der Waals surface area contributed by atoms with Gasteiger partial charge in [0, 0.05) is 18.9 Å². The molecule has 1 atom stereocenters. The van der Waals surface area contributed by atoms with E-state index in [0.29, 0.717) is 0 Å². The maximum atomic E-state index is 13.2. The van der Waals surface area contributed by atoms with E-state index in [2.05, 4.69) is 19.2 Å². The van der Waals surface area contributed by atoms with Crippen molar-refractivity contribution >= 4 is 24.6 Å². The molecule has 0 heterocycles. The highest BCUT2D eigenvalue weighted by atomic mass is 32.1. The van der Waals surface area contributed by atoms with Crippen molar-refractivity contribution in [2.24, 2.45) is 0 Å². The number of rotatable bonds is 8. The van der Waals surface area contributed by atoms with Gasteiger partial charge in [0.15, 0.2) is 0 Å². The van der Waals surface area contributed by atoms with Gasteiger partial charge in [0.25, 0.3) is 0 Å². The fraction of sp³-hybridized carbons (Fsp3) is 0.733. The largest absolute Gasteiger partial charge is 0.455 e. The molecule has 146 valence electrons. The second-order valence-corrected chi connectivity index (χ2v) is 7.02. The molecule has 0 amide bonds. The molecular formula is C15H22F4O5S. The van der Waals surface area contributed by atoms with Crippen LogP contribution in [0.1, 0.15) is 41.0 Å². The van der Waals surface area contributed by atoms with E-state index in [4.69, 9.17) is 14.2 Å². The van der Waals surface area contributed by atoms with Crippen LogP contribution in [0.5, 0.6) is 0 Å². The summed E-state index contributed by atoms with van der Waals surface area (Å²) in [5, 5.41) is -4.58. The Bertz CT molecular complexity index is 525. The second-order valence-electron chi connectivity index (χ2n) is 6.46. The number of halogens is 4. The van der Waals surface area contributed by atoms with Crippen LogP contribution in [0.25, 0.3) is 0 Å². The number of carbonyl (C=O) groups excluding carboxylic acids is 2. The Labute approximate surface area is 149 Å². The molecule has 0 aromatic heterocycles. The number of esters is 2. The number of hydrogen-bond acceptors (Lipinski definition) is 6. The van der Waals surface area contributed by atoms with Crippen LogP contribution in [-0.2, 0) is 23.8 Å². The average molecular weight is 390 g/mol. The highest BCUT2D eigenvalue weighted by Crippen LogP contribution is 2.40. The molecule has 0 spiro atoms. The fourth-order valence-corrected chi connectivity index (χ4v) is 1.40. The number of hydrogen-bond donors (Lipinski definition) is 1. The summed E-state index contributed by atoms with van der Waals surface area (Å²) in [7, 11) is 0. The van der Waals surface area contributed by atoms with E-state index in [9.17, 15) is 27.2 Å². The zero-order chi connectivity index (χ0) is 20.3. The van der Waals surface area contributed by atoms with Crippen LogP contribution < -0.4 is 0 Å². The number of carbonyl (C=O) groups is 2. The Kier molecular flexibility index (Phi) is 7.53. The Morgan fingerprint density at radius 3 is 1.88 bits per heavy atom. The van der Waals surface area contributed by atoms with Crippen molar-refractivity contribution < 1.29 is 41.4 Å². The average Bonchev–Trinajstić information content (AvgIpc) is 2.34. The van der Waals surface area contributed by atoms with Crippen LogP contribution in [0.4, 0.5) is 17.6 Å². The molecule has 0 radical (unpaired) electrons. The summed E-state index contributed by atoms with van der Waals surface area (Å²) in [6, 6.07) is 0. The molecule has 1 unspecified atom stereocenters. The van der Waals surface area contributed by atoms with Crippen molar-refractivity contribution in [2.75, 3.05) is 6.61 Å². The third-order valence-corrected chi connectivity index (χ3v) is 2.97. The quantitative estimate of drug-likeness (QED) is 0.225. The maximum absolute atomic E-state index is 13.2. The number of alkyl halides is 4. The molecule has 25 heavy (non-hydrogen) atoms. The normalized spacial score (nSPS) is 15.3. The van der Waals surface area contributed by atoms with E-state index in [1.807, 2.05) is 0 Å². The minimum absolute atomic E-state index is 0.0920. The SMILES string of the molecule is C=C(C)C(=O)OC(C)(OCCC(F)(F)C(F)(F)S)C(=O)OC(C)(C)C. The minimum Gasteiger partial charge on any atom is -0.455 e. The van der Waals surface area contributed by atoms with Gasteiger partial charge in [0.05, 0.1) is 6.61 Å². The van der Waals surface area contributed by atoms with Gasteiger partial charge in [-0.15, -0.1) is 0 Å². The van der Waals surface area contributed by atoms with E-state index in [1.54, 1.807) is 0 Å². The van der Waals surface area contributed by atoms with Crippen LogP contribution >= 0.6 is 12.6 Å². The van der Waals surface area contributed by atoms with Gasteiger partial charge in [-0.1, -0.05) is 19.2 Å². The standard InChI is InChI=1S/C15H22F4O5S/c1-9(2)10(20)23-13(6,11(21)24-12(3,4)5)22-8-7-14(16,17)15(18,19)25/h25H,1,7-8H2,2-6H3. The summed E-state index contributed by atoms with van der Waals surface area (Å²) < 4.78 is 66.5. The summed E-state index contributed by atoms with van der Waals surface area (Å²) in [6.07, 6.45) is -1.47. The van der Waals surface area contributed by atoms with Gasteiger partial charge in [0.1, 0.15) is 5.60 Å². The van der Waals surface area contributed by atoms with Gasteiger partial charge in [0.2, 0.25) is 0 Å². The monoisotopic (exact) mass is 390 g/mol. The highest BCUT2D eigenvalue weighted by Gasteiger charge is 2.53. The first kappa shape index (κ1) is 23.7. The summed E-state index contributed by atoms with van der Waals surface area (Å²) in [4.78, 5) is 23.8. The van der Waals surface area contributed by atoms with Gasteiger partial charge in [-0.05, 0) is 27.7 Å². The molecule has 0 bridgehead atoms. The molecule has 0 aromatic carbocycles. The van der Waals surface area contributed by atoms with Crippen LogP contribution in [0.15, 0.2) is 12.2 Å². The Hall–Kier alpha value is -1.29. The lowest BCUT2D eigenvalue weighted by Gasteiger charge is -2.31. The number of thiol groups is 1. The molecular weight excluding hydrogens is 368 g/mol. The van der Waals surface area contributed by atoms with Crippen molar-refractivity contribution in [3.8, 4) is 0 Å². The smallest absolute Gasteiger partial charge is 0.380 e. The van der Waals surface area contributed by atoms with Gasteiger partial charge in [-0.2, -0.15) is 17.6 Å². The zero-order valence-electron chi connectivity index (χ0n) is 14.6. The van der Waals surface area contributed by atoms with Gasteiger partial charge >= 0.3 is 28.9 Å². The Morgan fingerprint density at radius 2 is 1.52 bits per heavy atom.